The van der Waals surface area contributed by atoms with Gasteiger partial charge in [0.2, 0.25) is 5.91 Å². The van der Waals surface area contributed by atoms with Gasteiger partial charge in [-0.2, -0.15) is 0 Å². The lowest BCUT2D eigenvalue weighted by molar-refractivity contribution is -0.113. The predicted octanol–water partition coefficient (Wildman–Crippen LogP) is 4.38. The molecule has 146 valence electrons. The summed E-state index contributed by atoms with van der Waals surface area (Å²) in [6.45, 7) is 0. The maximum Gasteiger partial charge on any atom is 0.236 e. The third kappa shape index (κ3) is 4.64. The highest BCUT2D eigenvalue weighted by Crippen LogP contribution is 2.26. The van der Waals surface area contributed by atoms with Crippen molar-refractivity contribution in [1.29, 1.82) is 0 Å². The molecule has 0 unspecified atom stereocenters. The number of nitrogens with zero attached hydrogens (tertiary/aromatic N) is 5. The molecule has 1 N–H and O–H groups in total. The second-order valence-electron chi connectivity index (χ2n) is 5.99. The van der Waals surface area contributed by atoms with Gasteiger partial charge in [0.25, 0.3) is 0 Å². The Kier molecular flexibility index (Phi) is 5.89. The number of amides is 1. The number of benzene rings is 1. The molecule has 4 rings (SSSR count). The minimum atomic E-state index is -0.155. The number of thioether (sulfide) groups is 1. The second kappa shape index (κ2) is 8.73. The molecule has 1 amide bonds. The molecule has 0 bridgehead atoms. The van der Waals surface area contributed by atoms with Crippen LogP contribution in [0.1, 0.15) is 0 Å². The first kappa shape index (κ1) is 19.6. The maximum atomic E-state index is 12.3. The molecule has 7 nitrogen and oxygen atoms in total. The van der Waals surface area contributed by atoms with Gasteiger partial charge in [0.15, 0.2) is 16.1 Å². The van der Waals surface area contributed by atoms with Crippen LogP contribution in [0.5, 0.6) is 0 Å². The van der Waals surface area contributed by atoms with Crippen LogP contribution in [0, 0.1) is 0 Å². The molecule has 0 saturated carbocycles. The molecule has 0 saturated heterocycles. The van der Waals surface area contributed by atoms with Gasteiger partial charge in [-0.25, -0.2) is 4.98 Å². The van der Waals surface area contributed by atoms with Crippen molar-refractivity contribution in [1.82, 2.24) is 24.7 Å². The lowest BCUT2D eigenvalue weighted by Gasteiger charge is -2.04. The van der Waals surface area contributed by atoms with Crippen molar-refractivity contribution in [3.8, 4) is 22.6 Å². The van der Waals surface area contributed by atoms with Crippen LogP contribution in [-0.4, -0.2) is 36.4 Å². The fourth-order valence-electron chi connectivity index (χ4n) is 2.56. The summed E-state index contributed by atoms with van der Waals surface area (Å²) in [6, 6.07) is 11.2. The topological polar surface area (TPSA) is 85.6 Å². The van der Waals surface area contributed by atoms with Crippen LogP contribution in [0.25, 0.3) is 22.6 Å². The molecule has 0 aliphatic heterocycles. The highest BCUT2D eigenvalue weighted by Gasteiger charge is 2.14. The number of carbonyl (C=O) groups is 1. The molecule has 3 heterocycles. The quantitative estimate of drug-likeness (QED) is 0.446. The summed E-state index contributed by atoms with van der Waals surface area (Å²) in [7, 11) is 1.86. The van der Waals surface area contributed by atoms with Gasteiger partial charge in [-0.05, 0) is 24.3 Å². The molecule has 0 fully saturated rings. The average Bonchev–Trinajstić information content (AvgIpc) is 3.34. The van der Waals surface area contributed by atoms with Crippen molar-refractivity contribution in [2.75, 3.05) is 11.1 Å². The monoisotopic (exact) mass is 442 g/mol. The van der Waals surface area contributed by atoms with Crippen LogP contribution < -0.4 is 5.32 Å². The second-order valence-corrected chi connectivity index (χ2v) is 8.23. The highest BCUT2D eigenvalue weighted by atomic mass is 35.5. The summed E-state index contributed by atoms with van der Waals surface area (Å²) in [5.74, 6) is 0.751. The van der Waals surface area contributed by atoms with Crippen molar-refractivity contribution < 1.29 is 4.79 Å². The minimum absolute atomic E-state index is 0.155. The number of anilines is 1. The molecular formula is C19H15ClN6OS2. The summed E-state index contributed by atoms with van der Waals surface area (Å²) in [5, 5.41) is 15.0. The van der Waals surface area contributed by atoms with Crippen LogP contribution in [-0.2, 0) is 11.8 Å². The summed E-state index contributed by atoms with van der Waals surface area (Å²) < 4.78 is 1.84. The van der Waals surface area contributed by atoms with E-state index in [1.807, 2.05) is 53.4 Å². The number of pyridine rings is 1. The first-order valence-electron chi connectivity index (χ1n) is 8.54. The Labute approximate surface area is 180 Å². The summed E-state index contributed by atoms with van der Waals surface area (Å²) >= 11 is 8.61. The summed E-state index contributed by atoms with van der Waals surface area (Å²) in [4.78, 5) is 20.9. The van der Waals surface area contributed by atoms with E-state index in [9.17, 15) is 4.79 Å². The Balaban J connectivity index is 1.36. The summed E-state index contributed by atoms with van der Waals surface area (Å²) in [5.41, 5.74) is 2.61. The lowest BCUT2D eigenvalue weighted by atomic mass is 10.2. The largest absolute Gasteiger partial charge is 0.305 e. The SMILES string of the molecule is Cn1c(SCC(=O)Nc2nc(-c3ccc(Cl)cc3)cs2)nnc1-c1cccnc1. The fourth-order valence-corrected chi connectivity index (χ4v) is 4.13. The third-order valence-corrected chi connectivity index (χ3v) is 6.01. The molecule has 0 atom stereocenters. The van der Waals surface area contributed by atoms with E-state index in [2.05, 4.69) is 25.5 Å². The normalized spacial score (nSPS) is 10.8. The van der Waals surface area contributed by atoms with Crippen molar-refractivity contribution in [2.45, 2.75) is 5.16 Å². The Morgan fingerprint density at radius 3 is 2.79 bits per heavy atom. The Hall–Kier alpha value is -2.75. The summed E-state index contributed by atoms with van der Waals surface area (Å²) in [6.07, 6.45) is 3.43. The zero-order chi connectivity index (χ0) is 20.2. The van der Waals surface area contributed by atoms with Gasteiger partial charge >= 0.3 is 0 Å². The van der Waals surface area contributed by atoms with Crippen molar-refractivity contribution >= 4 is 45.7 Å². The number of carbonyl (C=O) groups excluding carboxylic acids is 1. The number of hydrogen-bond donors (Lipinski definition) is 1. The van der Waals surface area contributed by atoms with E-state index in [0.29, 0.717) is 21.1 Å². The first-order valence-corrected chi connectivity index (χ1v) is 10.8. The average molecular weight is 443 g/mol. The van der Waals surface area contributed by atoms with Crippen molar-refractivity contribution in [2.24, 2.45) is 7.05 Å². The van der Waals surface area contributed by atoms with E-state index in [1.54, 1.807) is 12.4 Å². The molecule has 3 aromatic heterocycles. The van der Waals surface area contributed by atoms with Crippen LogP contribution in [0.15, 0.2) is 59.3 Å². The molecule has 1 aromatic carbocycles. The molecule has 0 aliphatic carbocycles. The molecule has 0 spiro atoms. The number of rotatable bonds is 6. The number of hydrogen-bond acceptors (Lipinski definition) is 7. The van der Waals surface area contributed by atoms with Crippen molar-refractivity contribution in [3.63, 3.8) is 0 Å². The van der Waals surface area contributed by atoms with E-state index in [1.165, 1.54) is 23.1 Å². The Bertz CT molecular complexity index is 1130. The van der Waals surface area contributed by atoms with Gasteiger partial charge in [-0.15, -0.1) is 21.5 Å². The molecule has 10 heteroatoms. The van der Waals surface area contributed by atoms with E-state index in [0.717, 1.165) is 16.8 Å². The van der Waals surface area contributed by atoms with Gasteiger partial charge in [-0.1, -0.05) is 35.5 Å². The first-order chi connectivity index (χ1) is 14.1. The number of nitrogens with one attached hydrogen (secondary N) is 1. The zero-order valence-electron chi connectivity index (χ0n) is 15.2. The number of thiazole rings is 1. The van der Waals surface area contributed by atoms with E-state index in [4.69, 9.17) is 11.6 Å². The molecule has 29 heavy (non-hydrogen) atoms. The van der Waals surface area contributed by atoms with Gasteiger partial charge in [0, 0.05) is 41.0 Å². The Morgan fingerprint density at radius 1 is 1.21 bits per heavy atom. The van der Waals surface area contributed by atoms with E-state index >= 15 is 0 Å². The van der Waals surface area contributed by atoms with Crippen molar-refractivity contribution in [3.05, 3.63) is 59.2 Å². The standard InChI is InChI=1S/C19H15ClN6OS2/c1-26-17(13-3-2-8-21-9-13)24-25-19(26)29-11-16(27)23-18-22-15(10-28-18)12-4-6-14(20)7-5-12/h2-10H,11H2,1H3,(H,22,23,27). The minimum Gasteiger partial charge on any atom is -0.305 e. The predicted molar refractivity (Wildman–Crippen MR) is 116 cm³/mol. The smallest absolute Gasteiger partial charge is 0.236 e. The van der Waals surface area contributed by atoms with E-state index in [-0.39, 0.29) is 11.7 Å². The van der Waals surface area contributed by atoms with Gasteiger partial charge in [-0.3, -0.25) is 9.78 Å². The fraction of sp³-hybridized carbons (Fsp3) is 0.105. The lowest BCUT2D eigenvalue weighted by Crippen LogP contribution is -2.14. The maximum absolute atomic E-state index is 12.3. The van der Waals surface area contributed by atoms with Gasteiger partial charge in [0.05, 0.1) is 11.4 Å². The molecule has 4 aromatic rings. The number of halogens is 1. The van der Waals surface area contributed by atoms with Gasteiger partial charge in [0.1, 0.15) is 0 Å². The van der Waals surface area contributed by atoms with Crippen LogP contribution >= 0.6 is 34.7 Å². The van der Waals surface area contributed by atoms with E-state index < -0.39 is 0 Å². The van der Waals surface area contributed by atoms with Crippen LogP contribution in [0.2, 0.25) is 5.02 Å². The van der Waals surface area contributed by atoms with Crippen LogP contribution in [0.4, 0.5) is 5.13 Å². The Morgan fingerprint density at radius 2 is 2.03 bits per heavy atom. The highest BCUT2D eigenvalue weighted by molar-refractivity contribution is 7.99. The molecule has 0 aliphatic rings. The molecular weight excluding hydrogens is 428 g/mol. The number of aromatic nitrogens is 5. The third-order valence-electron chi connectivity index (χ3n) is 3.98. The zero-order valence-corrected chi connectivity index (χ0v) is 17.6. The van der Waals surface area contributed by atoms with Gasteiger partial charge < -0.3 is 9.88 Å². The molecule has 0 radical (unpaired) electrons. The van der Waals surface area contributed by atoms with Crippen LogP contribution in [0.3, 0.4) is 0 Å².